The van der Waals surface area contributed by atoms with E-state index in [-0.39, 0.29) is 29.9 Å². The minimum Gasteiger partial charge on any atom is -0.459 e. The number of nitrogens with zero attached hydrogens (tertiary/aromatic N) is 5. The fraction of sp³-hybridized carbons (Fsp3) is 0.350. The summed E-state index contributed by atoms with van der Waals surface area (Å²) in [4.78, 5) is 25.5. The predicted molar refractivity (Wildman–Crippen MR) is 123 cm³/mol. The first-order valence-electron chi connectivity index (χ1n) is 9.36. The van der Waals surface area contributed by atoms with Crippen molar-refractivity contribution < 1.29 is 9.21 Å². The highest BCUT2D eigenvalue weighted by molar-refractivity contribution is 14.0. The molecule has 0 radical (unpaired) electrons. The van der Waals surface area contributed by atoms with Crippen molar-refractivity contribution in [1.29, 1.82) is 0 Å². The number of rotatable bonds is 3. The van der Waals surface area contributed by atoms with Crippen LogP contribution in [0.4, 0.5) is 0 Å². The summed E-state index contributed by atoms with van der Waals surface area (Å²) in [5, 5.41) is 3.40. The largest absolute Gasteiger partial charge is 0.459 e. The molecule has 0 atom stereocenters. The number of para-hydroxylation sites is 2. The molecule has 1 saturated heterocycles. The maximum atomic E-state index is 12.4. The van der Waals surface area contributed by atoms with Crippen LogP contribution < -0.4 is 5.32 Å². The van der Waals surface area contributed by atoms with Crippen LogP contribution in [0.25, 0.3) is 11.0 Å². The molecule has 4 rings (SSSR count). The zero-order valence-corrected chi connectivity index (χ0v) is 18.9. The molecule has 1 fully saturated rings. The van der Waals surface area contributed by atoms with Gasteiger partial charge in [-0.15, -0.1) is 24.0 Å². The first-order chi connectivity index (χ1) is 13.7. The van der Waals surface area contributed by atoms with Gasteiger partial charge in [0.1, 0.15) is 5.82 Å². The van der Waals surface area contributed by atoms with E-state index in [0.29, 0.717) is 38.5 Å². The SMILES string of the molecule is CN=C(NCc1nc2ccccc2n1C)N1CCN(C(=O)c2ccco2)CC1.I. The van der Waals surface area contributed by atoms with E-state index < -0.39 is 0 Å². The quantitative estimate of drug-likeness (QED) is 0.334. The predicted octanol–water partition coefficient (Wildman–Crippen LogP) is 2.32. The first-order valence-corrected chi connectivity index (χ1v) is 9.36. The number of furan rings is 1. The van der Waals surface area contributed by atoms with Gasteiger partial charge >= 0.3 is 0 Å². The molecule has 3 heterocycles. The number of aromatic nitrogens is 2. The van der Waals surface area contributed by atoms with Crippen LogP contribution in [0.3, 0.4) is 0 Å². The van der Waals surface area contributed by atoms with E-state index in [1.54, 1.807) is 19.2 Å². The Morgan fingerprint density at radius 2 is 1.86 bits per heavy atom. The van der Waals surface area contributed by atoms with E-state index >= 15 is 0 Å². The molecule has 1 aliphatic rings. The van der Waals surface area contributed by atoms with E-state index in [1.165, 1.54) is 6.26 Å². The number of guanidine groups is 1. The van der Waals surface area contributed by atoms with E-state index in [2.05, 4.69) is 25.8 Å². The van der Waals surface area contributed by atoms with Crippen LogP contribution in [0.5, 0.6) is 0 Å². The van der Waals surface area contributed by atoms with Gasteiger partial charge in [-0.25, -0.2) is 4.98 Å². The van der Waals surface area contributed by atoms with Crippen molar-refractivity contribution in [3.05, 3.63) is 54.2 Å². The van der Waals surface area contributed by atoms with Gasteiger partial charge in [0.05, 0.1) is 23.8 Å². The van der Waals surface area contributed by atoms with Crippen LogP contribution in [0.1, 0.15) is 16.4 Å². The van der Waals surface area contributed by atoms with Crippen LogP contribution >= 0.6 is 24.0 Å². The second-order valence-electron chi connectivity index (χ2n) is 6.73. The number of piperazine rings is 1. The topological polar surface area (TPSA) is 78.9 Å². The molecular weight excluding hydrogens is 483 g/mol. The average Bonchev–Trinajstić information content (AvgIpc) is 3.38. The van der Waals surface area contributed by atoms with Gasteiger partial charge in [0.25, 0.3) is 5.91 Å². The Kier molecular flexibility index (Phi) is 6.78. The second-order valence-corrected chi connectivity index (χ2v) is 6.73. The number of carbonyl (C=O) groups is 1. The zero-order valence-electron chi connectivity index (χ0n) is 16.5. The van der Waals surface area contributed by atoms with Gasteiger partial charge in [0, 0.05) is 40.3 Å². The summed E-state index contributed by atoms with van der Waals surface area (Å²) in [6, 6.07) is 11.5. The van der Waals surface area contributed by atoms with Gasteiger partial charge in [0.2, 0.25) is 0 Å². The number of aliphatic imine (C=N–C) groups is 1. The number of halogens is 1. The lowest BCUT2D eigenvalue weighted by atomic mass is 10.3. The molecule has 3 aromatic rings. The summed E-state index contributed by atoms with van der Waals surface area (Å²) in [7, 11) is 3.80. The first kappa shape index (κ1) is 21.2. The number of fused-ring (bicyclic) bond motifs is 1. The summed E-state index contributed by atoms with van der Waals surface area (Å²) in [5.41, 5.74) is 2.10. The van der Waals surface area contributed by atoms with E-state index in [9.17, 15) is 4.79 Å². The molecule has 1 amide bonds. The molecule has 1 aliphatic heterocycles. The number of imidazole rings is 1. The Labute approximate surface area is 186 Å². The van der Waals surface area contributed by atoms with Gasteiger partial charge in [-0.1, -0.05) is 12.1 Å². The van der Waals surface area contributed by atoms with Crippen LogP contribution in [0, 0.1) is 0 Å². The monoisotopic (exact) mass is 508 g/mol. The van der Waals surface area contributed by atoms with Crippen molar-refractivity contribution in [1.82, 2.24) is 24.7 Å². The van der Waals surface area contributed by atoms with E-state index in [1.807, 2.05) is 30.1 Å². The highest BCUT2D eigenvalue weighted by Crippen LogP contribution is 2.14. The smallest absolute Gasteiger partial charge is 0.289 e. The number of amides is 1. The molecule has 0 bridgehead atoms. The fourth-order valence-corrected chi connectivity index (χ4v) is 3.52. The van der Waals surface area contributed by atoms with Crippen molar-refractivity contribution in [2.24, 2.45) is 12.0 Å². The van der Waals surface area contributed by atoms with E-state index in [4.69, 9.17) is 9.40 Å². The molecule has 1 aromatic carbocycles. The summed E-state index contributed by atoms with van der Waals surface area (Å²) < 4.78 is 7.31. The number of hydrogen-bond donors (Lipinski definition) is 1. The van der Waals surface area contributed by atoms with Crippen molar-refractivity contribution >= 4 is 46.9 Å². The third-order valence-electron chi connectivity index (χ3n) is 5.09. The molecule has 8 nitrogen and oxygen atoms in total. The number of benzene rings is 1. The van der Waals surface area contributed by atoms with Gasteiger partial charge in [-0.05, 0) is 24.3 Å². The summed E-state index contributed by atoms with van der Waals surface area (Å²) in [6.45, 7) is 3.28. The molecule has 0 spiro atoms. The van der Waals surface area contributed by atoms with Crippen LogP contribution in [-0.2, 0) is 13.6 Å². The number of nitrogens with one attached hydrogen (secondary N) is 1. The lowest BCUT2D eigenvalue weighted by Crippen LogP contribution is -2.53. The summed E-state index contributed by atoms with van der Waals surface area (Å²) in [5.74, 6) is 2.09. The molecule has 1 N–H and O–H groups in total. The normalized spacial score (nSPS) is 14.8. The standard InChI is InChI=1S/C20H24N6O2.HI/c1-21-20(22-14-18-23-15-6-3-4-7-16(15)24(18)2)26-11-9-25(10-12-26)19(27)17-8-5-13-28-17;/h3-8,13H,9-12,14H2,1-2H3,(H,21,22);1H. The summed E-state index contributed by atoms with van der Waals surface area (Å²) in [6.07, 6.45) is 1.52. The fourth-order valence-electron chi connectivity index (χ4n) is 3.52. The number of hydrogen-bond acceptors (Lipinski definition) is 4. The van der Waals surface area contributed by atoms with Gasteiger partial charge in [0.15, 0.2) is 11.7 Å². The third-order valence-corrected chi connectivity index (χ3v) is 5.09. The maximum Gasteiger partial charge on any atom is 0.289 e. The van der Waals surface area contributed by atoms with Gasteiger partial charge in [-0.3, -0.25) is 9.79 Å². The van der Waals surface area contributed by atoms with E-state index in [0.717, 1.165) is 22.8 Å². The second kappa shape index (κ2) is 9.29. The van der Waals surface area contributed by atoms with Gasteiger partial charge < -0.3 is 24.1 Å². The van der Waals surface area contributed by atoms with Crippen LogP contribution in [0.15, 0.2) is 52.1 Å². The number of aryl methyl sites for hydroxylation is 1. The maximum absolute atomic E-state index is 12.4. The van der Waals surface area contributed by atoms with Crippen LogP contribution in [-0.4, -0.2) is 64.4 Å². The van der Waals surface area contributed by atoms with Crippen molar-refractivity contribution in [3.63, 3.8) is 0 Å². The van der Waals surface area contributed by atoms with Crippen molar-refractivity contribution in [2.45, 2.75) is 6.54 Å². The molecule has 0 aliphatic carbocycles. The minimum atomic E-state index is -0.0627. The van der Waals surface area contributed by atoms with Gasteiger partial charge in [-0.2, -0.15) is 0 Å². The van der Waals surface area contributed by atoms with Crippen LogP contribution in [0.2, 0.25) is 0 Å². The van der Waals surface area contributed by atoms with Crippen molar-refractivity contribution in [2.75, 3.05) is 33.2 Å². The molecule has 2 aromatic heterocycles. The zero-order chi connectivity index (χ0) is 19.5. The highest BCUT2D eigenvalue weighted by atomic mass is 127. The highest BCUT2D eigenvalue weighted by Gasteiger charge is 2.25. The Bertz CT molecular complexity index is 990. The average molecular weight is 508 g/mol. The Hall–Kier alpha value is -2.56. The molecular formula is C20H25IN6O2. The van der Waals surface area contributed by atoms with Crippen molar-refractivity contribution in [3.8, 4) is 0 Å². The Balaban J connectivity index is 0.00000240. The summed E-state index contributed by atoms with van der Waals surface area (Å²) >= 11 is 0. The lowest BCUT2D eigenvalue weighted by molar-refractivity contribution is 0.0657. The minimum absolute atomic E-state index is 0. The molecule has 29 heavy (non-hydrogen) atoms. The molecule has 0 saturated carbocycles. The molecule has 154 valence electrons. The third kappa shape index (κ3) is 4.39. The lowest BCUT2D eigenvalue weighted by Gasteiger charge is -2.36. The number of carbonyl (C=O) groups excluding carboxylic acids is 1. The Morgan fingerprint density at radius 3 is 2.52 bits per heavy atom. The molecule has 0 unspecified atom stereocenters. The molecule has 9 heteroatoms. The Morgan fingerprint density at radius 1 is 1.14 bits per heavy atom.